The number of hydrogen-bond acceptors (Lipinski definition) is 3. The van der Waals surface area contributed by atoms with Crippen LogP contribution in [0.1, 0.15) is 57.1 Å². The third-order valence-corrected chi connectivity index (χ3v) is 5.06. The van der Waals surface area contributed by atoms with E-state index >= 15 is 0 Å². The third kappa shape index (κ3) is 2.72. The van der Waals surface area contributed by atoms with E-state index in [9.17, 15) is 9.59 Å². The van der Waals surface area contributed by atoms with Gasteiger partial charge in [-0.25, -0.2) is 0 Å². The average Bonchev–Trinajstić information content (AvgIpc) is 3.07. The van der Waals surface area contributed by atoms with Gasteiger partial charge in [-0.15, -0.1) is 0 Å². The van der Waals surface area contributed by atoms with Crippen LogP contribution in [0.25, 0.3) is 16.5 Å². The summed E-state index contributed by atoms with van der Waals surface area (Å²) in [4.78, 5) is 26.7. The summed E-state index contributed by atoms with van der Waals surface area (Å²) in [6.45, 7) is -17.4. The van der Waals surface area contributed by atoms with Gasteiger partial charge in [-0.1, -0.05) is 18.2 Å². The van der Waals surface area contributed by atoms with Crippen LogP contribution in [0, 0.1) is 5.92 Å². The molecule has 0 spiro atoms. The van der Waals surface area contributed by atoms with E-state index in [2.05, 4.69) is 0 Å². The number of benzene rings is 1. The zero-order valence-electron chi connectivity index (χ0n) is 29.5. The Hall–Kier alpha value is -2.40. The standard InChI is InChI=1S/C22H27N3O2/c1-5-24(6-2)22(27)16-10-18-17-8-7-9-19-21(17)15(13-25(19)14(3)26)11-20(18)23(4)12-16/h7-10,13,16,20H,5-6,11-12H2,1-4H3/t16-,20-/m1/s1/i1D3,2D3,4D3,5D2,6D2,7D,13D. The number of amides is 1. The first-order valence-electron chi connectivity index (χ1n) is 15.8. The fourth-order valence-corrected chi connectivity index (χ4v) is 3.88. The highest BCUT2D eigenvalue weighted by Gasteiger charge is 2.37. The van der Waals surface area contributed by atoms with Gasteiger partial charge >= 0.3 is 0 Å². The number of fused-ring (bicyclic) bond motifs is 2. The maximum atomic E-state index is 13.9. The molecule has 2 aromatic rings. The third-order valence-electron chi connectivity index (χ3n) is 5.06. The van der Waals surface area contributed by atoms with Crippen LogP contribution in [0.3, 0.4) is 0 Å². The van der Waals surface area contributed by atoms with Crippen molar-refractivity contribution in [3.63, 3.8) is 0 Å². The van der Waals surface area contributed by atoms with Crippen LogP contribution in [0.4, 0.5) is 0 Å². The number of hydrogen-bond donors (Lipinski definition) is 0. The monoisotopic (exact) mass is 380 g/mol. The van der Waals surface area contributed by atoms with Crippen molar-refractivity contribution in [1.29, 1.82) is 0 Å². The molecule has 0 saturated heterocycles. The van der Waals surface area contributed by atoms with Gasteiger partial charge in [0.2, 0.25) is 11.8 Å². The van der Waals surface area contributed by atoms with Gasteiger partial charge in [-0.3, -0.25) is 19.1 Å². The lowest BCUT2D eigenvalue weighted by molar-refractivity contribution is -0.134. The fourth-order valence-electron chi connectivity index (χ4n) is 3.88. The van der Waals surface area contributed by atoms with E-state index in [1.165, 1.54) is 25.1 Å². The van der Waals surface area contributed by atoms with E-state index in [0.29, 0.717) is 10.9 Å². The molecule has 0 N–H and O–H groups in total. The highest BCUT2D eigenvalue weighted by Crippen LogP contribution is 2.41. The summed E-state index contributed by atoms with van der Waals surface area (Å²) in [5.74, 6) is -3.87. The van der Waals surface area contributed by atoms with Gasteiger partial charge < -0.3 is 4.90 Å². The van der Waals surface area contributed by atoms with Crippen molar-refractivity contribution in [2.45, 2.75) is 33.1 Å². The second-order valence-electron chi connectivity index (χ2n) is 6.57. The number of carbonyl (C=O) groups excluding carboxylic acids is 2. The number of nitrogens with zero attached hydrogens (tertiary/aromatic N) is 3. The van der Waals surface area contributed by atoms with E-state index in [0.717, 1.165) is 9.47 Å². The zero-order chi connectivity index (χ0) is 32.1. The van der Waals surface area contributed by atoms with Gasteiger partial charge in [0, 0.05) is 61.9 Å². The highest BCUT2D eigenvalue weighted by atomic mass is 16.2. The molecule has 0 fully saturated rings. The molecular formula is C22H27N3O2. The second-order valence-corrected chi connectivity index (χ2v) is 6.57. The number of carbonyl (C=O) groups is 2. The van der Waals surface area contributed by atoms with Crippen molar-refractivity contribution < 1.29 is 30.2 Å². The lowest BCUT2D eigenvalue weighted by Gasteiger charge is -2.40. The van der Waals surface area contributed by atoms with Gasteiger partial charge in [-0.2, -0.15) is 0 Å². The minimum absolute atomic E-state index is 0.0962. The molecule has 5 heteroatoms. The summed E-state index contributed by atoms with van der Waals surface area (Å²) in [5, 5.41) is 0.361. The summed E-state index contributed by atoms with van der Waals surface area (Å²) in [7, 11) is 0. The molecule has 27 heavy (non-hydrogen) atoms. The molecule has 1 aromatic heterocycles. The normalized spacial score (nSPS) is 32.3. The van der Waals surface area contributed by atoms with Crippen LogP contribution in [0.2, 0.25) is 0 Å². The molecular weight excluding hydrogens is 338 g/mol. The molecule has 1 aromatic carbocycles. The minimum Gasteiger partial charge on any atom is -0.343 e. The topological polar surface area (TPSA) is 45.6 Å². The Balaban J connectivity index is 2.00. The first kappa shape index (κ1) is 7.55. The predicted molar refractivity (Wildman–Crippen MR) is 108 cm³/mol. The molecule has 2 atom stereocenters. The Morgan fingerprint density at radius 2 is 2.19 bits per heavy atom. The Morgan fingerprint density at radius 3 is 2.89 bits per heavy atom. The zero-order valence-corrected chi connectivity index (χ0v) is 14.5. The average molecular weight is 381 g/mol. The molecule has 142 valence electrons. The first-order chi connectivity index (χ1) is 18.8. The van der Waals surface area contributed by atoms with E-state index in [1.54, 1.807) is 0 Å². The maximum Gasteiger partial charge on any atom is 0.230 e. The summed E-state index contributed by atoms with van der Waals surface area (Å²) in [6, 6.07) is 1.56. The van der Waals surface area contributed by atoms with E-state index in [-0.39, 0.29) is 35.3 Å². The summed E-state index contributed by atoms with van der Waals surface area (Å²) in [5.41, 5.74) is 0.896. The molecule has 1 amide bonds. The largest absolute Gasteiger partial charge is 0.343 e. The molecule has 2 heterocycles. The quantitative estimate of drug-likeness (QED) is 0.822. The Bertz CT molecular complexity index is 1470. The first-order valence-corrected chi connectivity index (χ1v) is 8.32. The lowest BCUT2D eigenvalue weighted by Crippen LogP contribution is -2.47. The van der Waals surface area contributed by atoms with Crippen LogP contribution >= 0.6 is 0 Å². The van der Waals surface area contributed by atoms with Crippen LogP contribution in [-0.4, -0.2) is 58.7 Å². The number of aromatic nitrogens is 1. The van der Waals surface area contributed by atoms with Crippen LogP contribution < -0.4 is 0 Å². The van der Waals surface area contributed by atoms with Crippen LogP contribution in [0.15, 0.2) is 30.4 Å². The van der Waals surface area contributed by atoms with Gasteiger partial charge in [0.1, 0.15) is 0 Å². The molecule has 4 rings (SSSR count). The Labute approximate surface area is 181 Å². The van der Waals surface area contributed by atoms with Gasteiger partial charge in [0.15, 0.2) is 0 Å². The minimum atomic E-state index is -3.82. The molecule has 0 saturated carbocycles. The van der Waals surface area contributed by atoms with Crippen molar-refractivity contribution in [2.24, 2.45) is 5.92 Å². The van der Waals surface area contributed by atoms with Crippen molar-refractivity contribution in [2.75, 3.05) is 26.5 Å². The molecule has 2 aliphatic rings. The molecule has 0 radical (unpaired) electrons. The predicted octanol–water partition coefficient (Wildman–Crippen LogP) is 3.04. The van der Waals surface area contributed by atoms with Crippen molar-refractivity contribution in [3.05, 3.63) is 41.6 Å². The smallest absolute Gasteiger partial charge is 0.230 e. The second kappa shape index (κ2) is 6.64. The van der Waals surface area contributed by atoms with E-state index in [1.807, 2.05) is 0 Å². The van der Waals surface area contributed by atoms with Crippen molar-refractivity contribution in [1.82, 2.24) is 14.4 Å². The molecule has 0 unspecified atom stereocenters. The molecule has 1 aliphatic heterocycles. The highest BCUT2D eigenvalue weighted by molar-refractivity contribution is 6.03. The summed E-state index contributed by atoms with van der Waals surface area (Å²) in [6.07, 6.45) is 0.912. The maximum absolute atomic E-state index is 13.9. The lowest BCUT2D eigenvalue weighted by atomic mass is 9.79. The molecule has 1 aliphatic carbocycles. The molecule has 5 nitrogen and oxygen atoms in total. The Morgan fingerprint density at radius 1 is 1.37 bits per heavy atom. The molecule has 0 bridgehead atoms. The van der Waals surface area contributed by atoms with Crippen LogP contribution in [0.5, 0.6) is 0 Å². The van der Waals surface area contributed by atoms with Crippen molar-refractivity contribution >= 4 is 28.3 Å². The Kier molecular flexibility index (Phi) is 1.86. The fraction of sp³-hybridized carbons (Fsp3) is 0.455. The summed E-state index contributed by atoms with van der Waals surface area (Å²) >= 11 is 0. The number of likely N-dealkylation sites (N-methyl/N-ethyl adjacent to an activating group) is 1. The van der Waals surface area contributed by atoms with Gasteiger partial charge in [-0.05, 0) is 49.9 Å². The van der Waals surface area contributed by atoms with Crippen molar-refractivity contribution in [3.8, 4) is 0 Å². The van der Waals surface area contributed by atoms with Gasteiger partial charge in [0.05, 0.1) is 14.2 Å². The van der Waals surface area contributed by atoms with E-state index in [4.69, 9.17) is 20.6 Å². The number of rotatable bonds is 3. The van der Waals surface area contributed by atoms with Gasteiger partial charge in [0.25, 0.3) is 0 Å². The van der Waals surface area contributed by atoms with Crippen LogP contribution in [-0.2, 0) is 11.2 Å². The summed E-state index contributed by atoms with van der Waals surface area (Å²) < 4.78 is 121. The SMILES string of the molecule is [2H]c1cc2c3c(c([2H])n(C(C)=O)c3c1)C[C@@H]1C2=C[C@@H](C(=O)N(C([2H])([2H])C([2H])([2H])[2H])C([2H])([2H])C([2H])([2H])[2H])CN1C([2H])([2H])[2H]. The van der Waals surface area contributed by atoms with E-state index < -0.39 is 68.9 Å².